The number of hydrogen-bond donors (Lipinski definition) is 3. The number of halogens is 1. The Morgan fingerprint density at radius 3 is 2.70 bits per heavy atom. The van der Waals surface area contributed by atoms with Crippen molar-refractivity contribution in [2.75, 3.05) is 5.32 Å². The highest BCUT2D eigenvalue weighted by Crippen LogP contribution is 2.18. The second kappa shape index (κ2) is 9.08. The van der Waals surface area contributed by atoms with E-state index in [1.807, 2.05) is 54.7 Å². The molecular weight excluding hydrogens is 495 g/mol. The summed E-state index contributed by atoms with van der Waals surface area (Å²) in [6.45, 7) is 0.294. The number of hydrogen-bond acceptors (Lipinski definition) is 4. The molecule has 0 atom stereocenters. The number of aromatic nitrogens is 4. The number of carbonyl (C=O) groups excluding carboxylic acids is 2. The Hall–Kier alpha value is -3.21. The van der Waals surface area contributed by atoms with Crippen molar-refractivity contribution in [3.63, 3.8) is 0 Å². The largest absolute Gasteiger partial charge is 0.361 e. The van der Waals surface area contributed by atoms with Crippen LogP contribution in [-0.2, 0) is 29.1 Å². The summed E-state index contributed by atoms with van der Waals surface area (Å²) in [5.41, 5.74) is 3.26. The van der Waals surface area contributed by atoms with Gasteiger partial charge in [-0.2, -0.15) is 0 Å². The monoisotopic (exact) mass is 514 g/mol. The first-order valence-corrected chi connectivity index (χ1v) is 10.4. The molecule has 0 bridgehead atoms. The first kappa shape index (κ1) is 20.1. The molecule has 0 aliphatic heterocycles. The SMILES string of the molecule is O=C(Cc1c[nH]c2ccccc12)NCc1cn(CC(=O)Nc2ccc(I)cc2)nn1. The quantitative estimate of drug-likeness (QED) is 0.330. The van der Waals surface area contributed by atoms with Crippen LogP contribution in [0.15, 0.2) is 60.9 Å². The molecular formula is C21H19IN6O2. The Labute approximate surface area is 186 Å². The normalized spacial score (nSPS) is 10.8. The number of amides is 2. The van der Waals surface area contributed by atoms with Crippen molar-refractivity contribution in [2.24, 2.45) is 0 Å². The van der Waals surface area contributed by atoms with Crippen LogP contribution in [0.3, 0.4) is 0 Å². The van der Waals surface area contributed by atoms with Crippen LogP contribution in [0.25, 0.3) is 10.9 Å². The van der Waals surface area contributed by atoms with Crippen LogP contribution in [0.1, 0.15) is 11.3 Å². The summed E-state index contributed by atoms with van der Waals surface area (Å²) in [5.74, 6) is -0.304. The molecule has 0 unspecified atom stereocenters. The molecule has 9 heteroatoms. The predicted molar refractivity (Wildman–Crippen MR) is 122 cm³/mol. The van der Waals surface area contributed by atoms with Crippen molar-refractivity contribution < 1.29 is 9.59 Å². The molecule has 3 N–H and O–H groups in total. The maximum Gasteiger partial charge on any atom is 0.246 e. The Morgan fingerprint density at radius 2 is 1.87 bits per heavy atom. The van der Waals surface area contributed by atoms with E-state index in [0.717, 1.165) is 25.7 Å². The lowest BCUT2D eigenvalue weighted by Crippen LogP contribution is -2.24. The number of rotatable bonds is 7. The van der Waals surface area contributed by atoms with Crippen molar-refractivity contribution in [3.8, 4) is 0 Å². The minimum Gasteiger partial charge on any atom is -0.361 e. The van der Waals surface area contributed by atoms with Crippen LogP contribution >= 0.6 is 22.6 Å². The molecule has 2 amide bonds. The fourth-order valence-electron chi connectivity index (χ4n) is 3.08. The number of aromatic amines is 1. The summed E-state index contributed by atoms with van der Waals surface area (Å²) >= 11 is 2.21. The van der Waals surface area contributed by atoms with E-state index in [-0.39, 0.29) is 31.3 Å². The molecule has 0 fully saturated rings. The number of nitrogens with zero attached hydrogens (tertiary/aromatic N) is 3. The van der Waals surface area contributed by atoms with E-state index in [2.05, 4.69) is 48.5 Å². The van der Waals surface area contributed by atoms with Crippen LogP contribution < -0.4 is 10.6 Å². The maximum atomic E-state index is 12.3. The Bertz CT molecular complexity index is 1180. The summed E-state index contributed by atoms with van der Waals surface area (Å²) in [6, 6.07) is 15.4. The molecule has 2 aromatic heterocycles. The van der Waals surface area contributed by atoms with E-state index in [1.54, 1.807) is 6.20 Å². The fraction of sp³-hybridized carbons (Fsp3) is 0.143. The number of para-hydroxylation sites is 1. The van der Waals surface area contributed by atoms with Gasteiger partial charge in [-0.25, -0.2) is 4.68 Å². The van der Waals surface area contributed by atoms with Gasteiger partial charge in [-0.05, 0) is 58.5 Å². The lowest BCUT2D eigenvalue weighted by molar-refractivity contribution is -0.120. The summed E-state index contributed by atoms with van der Waals surface area (Å²) in [7, 11) is 0. The van der Waals surface area contributed by atoms with Gasteiger partial charge >= 0.3 is 0 Å². The molecule has 8 nitrogen and oxygen atoms in total. The van der Waals surface area contributed by atoms with Gasteiger partial charge in [0.25, 0.3) is 0 Å². The second-order valence-corrected chi connectivity index (χ2v) is 8.02. The first-order valence-electron chi connectivity index (χ1n) is 9.33. The van der Waals surface area contributed by atoms with Gasteiger partial charge in [0.2, 0.25) is 11.8 Å². The minimum absolute atomic E-state index is 0.0439. The number of H-pyrrole nitrogens is 1. The molecule has 30 heavy (non-hydrogen) atoms. The van der Waals surface area contributed by atoms with Gasteiger partial charge in [0.15, 0.2) is 0 Å². The zero-order chi connectivity index (χ0) is 20.9. The molecule has 4 rings (SSSR count). The molecule has 0 aliphatic carbocycles. The highest BCUT2D eigenvalue weighted by molar-refractivity contribution is 14.1. The van der Waals surface area contributed by atoms with Crippen LogP contribution in [-0.4, -0.2) is 31.8 Å². The van der Waals surface area contributed by atoms with Gasteiger partial charge in [-0.15, -0.1) is 5.10 Å². The van der Waals surface area contributed by atoms with Gasteiger partial charge in [-0.3, -0.25) is 9.59 Å². The van der Waals surface area contributed by atoms with E-state index < -0.39 is 0 Å². The average molecular weight is 514 g/mol. The lowest BCUT2D eigenvalue weighted by Gasteiger charge is -2.05. The standard InChI is InChI=1S/C21H19IN6O2/c22-15-5-7-16(8-6-15)25-21(30)13-28-12-17(26-27-28)11-24-20(29)9-14-10-23-19-4-2-1-3-18(14)19/h1-8,10,12,23H,9,11,13H2,(H,24,29)(H,25,30). The number of fused-ring (bicyclic) bond motifs is 1. The zero-order valence-corrected chi connectivity index (χ0v) is 18.1. The van der Waals surface area contributed by atoms with E-state index in [4.69, 9.17) is 0 Å². The van der Waals surface area contributed by atoms with E-state index >= 15 is 0 Å². The molecule has 0 saturated heterocycles. The van der Waals surface area contributed by atoms with Crippen molar-refractivity contribution in [1.82, 2.24) is 25.3 Å². The topological polar surface area (TPSA) is 105 Å². The summed E-state index contributed by atoms with van der Waals surface area (Å²) in [5, 5.41) is 14.7. The molecule has 0 aliphatic rings. The average Bonchev–Trinajstić information content (AvgIpc) is 3.35. The van der Waals surface area contributed by atoms with E-state index in [9.17, 15) is 9.59 Å². The molecule has 0 saturated carbocycles. The van der Waals surface area contributed by atoms with Crippen LogP contribution in [0.5, 0.6) is 0 Å². The third kappa shape index (κ3) is 5.03. The van der Waals surface area contributed by atoms with Gasteiger partial charge in [0.1, 0.15) is 12.2 Å². The van der Waals surface area contributed by atoms with Crippen LogP contribution in [0.4, 0.5) is 5.69 Å². The highest BCUT2D eigenvalue weighted by atomic mass is 127. The van der Waals surface area contributed by atoms with E-state index in [0.29, 0.717) is 5.69 Å². The van der Waals surface area contributed by atoms with Crippen molar-refractivity contribution in [3.05, 3.63) is 75.8 Å². The molecule has 2 aromatic carbocycles. The van der Waals surface area contributed by atoms with Crippen LogP contribution in [0.2, 0.25) is 0 Å². The number of benzene rings is 2. The molecule has 0 spiro atoms. The molecule has 2 heterocycles. The minimum atomic E-state index is -0.198. The van der Waals surface area contributed by atoms with Crippen molar-refractivity contribution >= 4 is 51.0 Å². The Balaban J connectivity index is 1.27. The van der Waals surface area contributed by atoms with Crippen LogP contribution in [0, 0.1) is 3.57 Å². The highest BCUT2D eigenvalue weighted by Gasteiger charge is 2.10. The Morgan fingerprint density at radius 1 is 1.07 bits per heavy atom. The van der Waals surface area contributed by atoms with Gasteiger partial charge < -0.3 is 15.6 Å². The number of nitrogens with one attached hydrogen (secondary N) is 3. The van der Waals surface area contributed by atoms with Crippen molar-refractivity contribution in [2.45, 2.75) is 19.5 Å². The third-order valence-electron chi connectivity index (χ3n) is 4.51. The predicted octanol–water partition coefficient (Wildman–Crippen LogP) is 2.86. The van der Waals surface area contributed by atoms with E-state index in [1.165, 1.54) is 4.68 Å². The summed E-state index contributed by atoms with van der Waals surface area (Å²) in [4.78, 5) is 27.6. The number of carbonyl (C=O) groups is 2. The third-order valence-corrected chi connectivity index (χ3v) is 5.23. The molecule has 0 radical (unpaired) electrons. The van der Waals surface area contributed by atoms with Gasteiger partial charge in [-0.1, -0.05) is 23.4 Å². The first-order chi connectivity index (χ1) is 14.6. The Kier molecular flexibility index (Phi) is 6.07. The zero-order valence-electron chi connectivity index (χ0n) is 15.9. The van der Waals surface area contributed by atoms with Crippen molar-refractivity contribution in [1.29, 1.82) is 0 Å². The molecule has 152 valence electrons. The van der Waals surface area contributed by atoms with Gasteiger partial charge in [0, 0.05) is 26.4 Å². The fourth-order valence-corrected chi connectivity index (χ4v) is 3.44. The number of anilines is 1. The molecule has 4 aromatic rings. The summed E-state index contributed by atoms with van der Waals surface area (Å²) in [6.07, 6.45) is 3.78. The maximum absolute atomic E-state index is 12.3. The smallest absolute Gasteiger partial charge is 0.246 e. The van der Waals surface area contributed by atoms with Gasteiger partial charge in [0.05, 0.1) is 19.2 Å². The second-order valence-electron chi connectivity index (χ2n) is 6.78. The lowest BCUT2D eigenvalue weighted by atomic mass is 10.1. The summed E-state index contributed by atoms with van der Waals surface area (Å²) < 4.78 is 2.54.